The molecule has 1 aromatic carbocycles. The molecular formula is C10H8ClNO2. The number of rotatable bonds is 1. The first-order chi connectivity index (χ1) is 6.81. The molecule has 0 aliphatic carbocycles. The van der Waals surface area contributed by atoms with Crippen LogP contribution in [0.1, 0.15) is 5.56 Å². The molecule has 0 fully saturated rings. The van der Waals surface area contributed by atoms with E-state index in [4.69, 9.17) is 26.3 Å². The van der Waals surface area contributed by atoms with Crippen LogP contribution >= 0.6 is 11.6 Å². The molecule has 0 unspecified atom stereocenters. The zero-order valence-corrected chi connectivity index (χ0v) is 8.17. The van der Waals surface area contributed by atoms with Crippen molar-refractivity contribution in [1.29, 1.82) is 5.26 Å². The number of nitriles is 1. The number of halogens is 1. The Balaban J connectivity index is 2.42. The van der Waals surface area contributed by atoms with Gasteiger partial charge in [-0.1, -0.05) is 11.6 Å². The van der Waals surface area contributed by atoms with Gasteiger partial charge in [-0.15, -0.1) is 0 Å². The van der Waals surface area contributed by atoms with Gasteiger partial charge >= 0.3 is 0 Å². The molecule has 3 nitrogen and oxygen atoms in total. The lowest BCUT2D eigenvalue weighted by Gasteiger charge is -2.19. The summed E-state index contributed by atoms with van der Waals surface area (Å²) in [4.78, 5) is 0. The summed E-state index contributed by atoms with van der Waals surface area (Å²) in [6.07, 6.45) is 0.330. The topological polar surface area (TPSA) is 42.2 Å². The zero-order valence-electron chi connectivity index (χ0n) is 7.42. The van der Waals surface area contributed by atoms with Crippen LogP contribution in [0.25, 0.3) is 0 Å². The summed E-state index contributed by atoms with van der Waals surface area (Å²) < 4.78 is 10.7. The van der Waals surface area contributed by atoms with E-state index in [1.807, 2.05) is 0 Å². The van der Waals surface area contributed by atoms with Gasteiger partial charge in [0, 0.05) is 0 Å². The van der Waals surface area contributed by atoms with Crippen molar-refractivity contribution in [2.24, 2.45) is 0 Å². The molecule has 0 aromatic heterocycles. The smallest absolute Gasteiger partial charge is 0.179 e. The monoisotopic (exact) mass is 209 g/mol. The third-order valence-electron chi connectivity index (χ3n) is 1.94. The highest BCUT2D eigenvalue weighted by atomic mass is 35.5. The van der Waals surface area contributed by atoms with Crippen LogP contribution in [-0.4, -0.2) is 13.2 Å². The lowest BCUT2D eigenvalue weighted by molar-refractivity contribution is 0.171. The number of ether oxygens (including phenoxy) is 2. The summed E-state index contributed by atoms with van der Waals surface area (Å²) in [5, 5.41) is 9.06. The van der Waals surface area contributed by atoms with E-state index in [-0.39, 0.29) is 0 Å². The molecular weight excluding hydrogens is 202 g/mol. The quantitative estimate of drug-likeness (QED) is 0.712. The molecule has 2 rings (SSSR count). The molecule has 0 saturated carbocycles. The van der Waals surface area contributed by atoms with E-state index in [0.29, 0.717) is 36.2 Å². The van der Waals surface area contributed by atoms with Gasteiger partial charge in [-0.05, 0) is 17.7 Å². The van der Waals surface area contributed by atoms with Crippen LogP contribution in [0.4, 0.5) is 0 Å². The molecule has 0 amide bonds. The molecule has 14 heavy (non-hydrogen) atoms. The van der Waals surface area contributed by atoms with Crippen molar-refractivity contribution in [1.82, 2.24) is 0 Å². The highest BCUT2D eigenvalue weighted by molar-refractivity contribution is 6.32. The molecule has 1 aliphatic heterocycles. The molecule has 0 N–H and O–H groups in total. The van der Waals surface area contributed by atoms with Crippen molar-refractivity contribution in [3.05, 3.63) is 22.7 Å². The maximum atomic E-state index is 8.55. The molecule has 4 heteroatoms. The van der Waals surface area contributed by atoms with Crippen molar-refractivity contribution in [3.63, 3.8) is 0 Å². The van der Waals surface area contributed by atoms with E-state index >= 15 is 0 Å². The first-order valence-corrected chi connectivity index (χ1v) is 4.64. The Morgan fingerprint density at radius 3 is 2.93 bits per heavy atom. The van der Waals surface area contributed by atoms with E-state index in [0.717, 1.165) is 5.56 Å². The zero-order chi connectivity index (χ0) is 9.97. The van der Waals surface area contributed by atoms with Crippen molar-refractivity contribution in [3.8, 4) is 17.6 Å². The van der Waals surface area contributed by atoms with Gasteiger partial charge < -0.3 is 9.47 Å². The van der Waals surface area contributed by atoms with Crippen LogP contribution in [0, 0.1) is 11.3 Å². The standard InChI is InChI=1S/C10H8ClNO2/c11-8-5-7(1-2-12)6-9-10(8)14-4-3-13-9/h5-6H,1,3-4H2. The lowest BCUT2D eigenvalue weighted by atomic mass is 10.1. The fraction of sp³-hybridized carbons (Fsp3) is 0.300. The van der Waals surface area contributed by atoms with Gasteiger partial charge in [-0.3, -0.25) is 0 Å². The third-order valence-corrected chi connectivity index (χ3v) is 2.22. The average Bonchev–Trinajstić information content (AvgIpc) is 2.18. The van der Waals surface area contributed by atoms with E-state index in [1.165, 1.54) is 0 Å². The number of nitrogens with zero attached hydrogens (tertiary/aromatic N) is 1. The maximum absolute atomic E-state index is 8.55. The van der Waals surface area contributed by atoms with Gasteiger partial charge in [0.25, 0.3) is 0 Å². The largest absolute Gasteiger partial charge is 0.486 e. The second-order valence-corrected chi connectivity index (χ2v) is 3.34. The molecule has 1 aromatic rings. The van der Waals surface area contributed by atoms with Gasteiger partial charge in [0.15, 0.2) is 11.5 Å². The SMILES string of the molecule is N#CCc1cc(Cl)c2c(c1)OCCO2. The highest BCUT2D eigenvalue weighted by Gasteiger charge is 2.16. The van der Waals surface area contributed by atoms with Crippen molar-refractivity contribution in [2.45, 2.75) is 6.42 Å². The Morgan fingerprint density at radius 1 is 1.36 bits per heavy atom. The van der Waals surface area contributed by atoms with Gasteiger partial charge in [0.05, 0.1) is 17.5 Å². The van der Waals surface area contributed by atoms with Crippen molar-refractivity contribution >= 4 is 11.6 Å². The summed E-state index contributed by atoms with van der Waals surface area (Å²) in [6.45, 7) is 1.05. The Labute approximate surface area is 86.8 Å². The second-order valence-electron chi connectivity index (χ2n) is 2.94. The predicted molar refractivity (Wildman–Crippen MR) is 51.8 cm³/mol. The summed E-state index contributed by atoms with van der Waals surface area (Å²) in [7, 11) is 0. The first-order valence-electron chi connectivity index (χ1n) is 4.26. The Kier molecular flexibility index (Phi) is 2.47. The lowest BCUT2D eigenvalue weighted by Crippen LogP contribution is -2.15. The van der Waals surface area contributed by atoms with Crippen LogP contribution in [0.3, 0.4) is 0 Å². The number of fused-ring (bicyclic) bond motifs is 1. The Morgan fingerprint density at radius 2 is 2.14 bits per heavy atom. The number of hydrogen-bond donors (Lipinski definition) is 0. The van der Waals surface area contributed by atoms with E-state index in [9.17, 15) is 0 Å². The van der Waals surface area contributed by atoms with E-state index in [1.54, 1.807) is 12.1 Å². The number of benzene rings is 1. The minimum absolute atomic E-state index is 0.330. The summed E-state index contributed by atoms with van der Waals surface area (Å²) in [5.74, 6) is 1.22. The van der Waals surface area contributed by atoms with E-state index < -0.39 is 0 Å². The first kappa shape index (κ1) is 9.17. The van der Waals surface area contributed by atoms with Gasteiger partial charge in [-0.2, -0.15) is 5.26 Å². The van der Waals surface area contributed by atoms with Crippen LogP contribution in [0.2, 0.25) is 5.02 Å². The van der Waals surface area contributed by atoms with Crippen LogP contribution in [0.5, 0.6) is 11.5 Å². The molecule has 0 spiro atoms. The van der Waals surface area contributed by atoms with Crippen molar-refractivity contribution < 1.29 is 9.47 Å². The normalized spacial score (nSPS) is 13.4. The molecule has 1 aliphatic rings. The summed E-state index contributed by atoms with van der Waals surface area (Å²) in [5.41, 5.74) is 0.849. The van der Waals surface area contributed by atoms with E-state index in [2.05, 4.69) is 6.07 Å². The summed E-state index contributed by atoms with van der Waals surface area (Å²) >= 11 is 5.97. The fourth-order valence-electron chi connectivity index (χ4n) is 1.36. The van der Waals surface area contributed by atoms with Gasteiger partial charge in [0.2, 0.25) is 0 Å². The fourth-order valence-corrected chi connectivity index (χ4v) is 1.65. The minimum atomic E-state index is 0.330. The van der Waals surface area contributed by atoms with Crippen molar-refractivity contribution in [2.75, 3.05) is 13.2 Å². The average molecular weight is 210 g/mol. The minimum Gasteiger partial charge on any atom is -0.486 e. The molecule has 1 heterocycles. The highest BCUT2D eigenvalue weighted by Crippen LogP contribution is 2.38. The molecule has 72 valence electrons. The molecule has 0 bridgehead atoms. The second kappa shape index (κ2) is 3.77. The van der Waals surface area contributed by atoms with Crippen LogP contribution < -0.4 is 9.47 Å². The maximum Gasteiger partial charge on any atom is 0.179 e. The van der Waals surface area contributed by atoms with Gasteiger partial charge in [-0.25, -0.2) is 0 Å². The Hall–Kier alpha value is -1.40. The summed E-state index contributed by atoms with van der Waals surface area (Å²) in [6, 6.07) is 5.59. The molecule has 0 atom stereocenters. The molecule has 0 saturated heterocycles. The third kappa shape index (κ3) is 1.61. The predicted octanol–water partition coefficient (Wildman–Crippen LogP) is 2.18. The van der Waals surface area contributed by atoms with Crippen LogP contribution in [0.15, 0.2) is 12.1 Å². The molecule has 0 radical (unpaired) electrons. The Bertz CT molecular complexity index is 398. The van der Waals surface area contributed by atoms with Gasteiger partial charge in [0.1, 0.15) is 13.2 Å². The number of hydrogen-bond acceptors (Lipinski definition) is 3. The van der Waals surface area contributed by atoms with Crippen LogP contribution in [-0.2, 0) is 6.42 Å².